The number of piperazine rings is 1. The van der Waals surface area contributed by atoms with Crippen LogP contribution in [0.1, 0.15) is 75.5 Å². The Bertz CT molecular complexity index is 1470. The molecule has 230 valence electrons. The second kappa shape index (κ2) is 13.0. The summed E-state index contributed by atoms with van der Waals surface area (Å²) >= 11 is 3.62. The zero-order chi connectivity index (χ0) is 30.1. The molecule has 6 rings (SSSR count). The number of carbonyl (C=O) groups is 2. The van der Waals surface area contributed by atoms with Crippen molar-refractivity contribution in [2.45, 2.75) is 83.3 Å². The van der Waals surface area contributed by atoms with Crippen LogP contribution >= 0.6 is 15.9 Å². The smallest absolute Gasteiger partial charge is 0.235 e. The van der Waals surface area contributed by atoms with Crippen molar-refractivity contribution in [3.8, 4) is 5.75 Å². The molecular formula is C34H44BrN5O3. The van der Waals surface area contributed by atoms with Crippen LogP contribution < -0.4 is 15.0 Å². The summed E-state index contributed by atoms with van der Waals surface area (Å²) < 4.78 is 9.36. The Balaban J connectivity index is 0.971. The van der Waals surface area contributed by atoms with Crippen LogP contribution in [0.15, 0.2) is 40.9 Å². The normalized spacial score (nSPS) is 24.3. The van der Waals surface area contributed by atoms with Gasteiger partial charge in [0.25, 0.3) is 0 Å². The third-order valence-corrected chi connectivity index (χ3v) is 10.9. The number of hydrogen-bond acceptors (Lipinski definition) is 6. The molecule has 43 heavy (non-hydrogen) atoms. The average molecular weight is 651 g/mol. The van der Waals surface area contributed by atoms with Crippen molar-refractivity contribution in [3.05, 3.63) is 52.1 Å². The van der Waals surface area contributed by atoms with Gasteiger partial charge >= 0.3 is 0 Å². The molecule has 3 heterocycles. The zero-order valence-electron chi connectivity index (χ0n) is 25.7. The minimum absolute atomic E-state index is 0.196. The zero-order valence-corrected chi connectivity index (χ0v) is 27.2. The minimum atomic E-state index is -0.373. The van der Waals surface area contributed by atoms with Crippen LogP contribution in [0.5, 0.6) is 5.75 Å². The first-order chi connectivity index (χ1) is 20.8. The summed E-state index contributed by atoms with van der Waals surface area (Å²) in [5.41, 5.74) is 4.19. The number of rotatable bonds is 8. The number of nitrogens with zero attached hydrogens (tertiary/aromatic N) is 4. The number of benzene rings is 2. The lowest BCUT2D eigenvalue weighted by molar-refractivity contribution is -0.134. The van der Waals surface area contributed by atoms with Gasteiger partial charge < -0.3 is 9.64 Å². The standard InChI is InChI=1S/C34H44BrN5O3/c1-22(7-8-24-9-12-26(13-10-24)43-31-6-4-5-29(35)23(31)2)39-17-19-40(20-18-39)25-11-14-27-30(21-25)38(3)37-33(27)28-15-16-32(41)36-34(28)42/h4-6,11,14,21-22,24,26,28H,7-10,12-13,15-20H2,1-3H3,(H,36,41,42)/t22-,24?,26?,28?/m0/s1. The van der Waals surface area contributed by atoms with Gasteiger partial charge in [0.15, 0.2) is 0 Å². The number of halogens is 1. The number of hydrogen-bond donors (Lipinski definition) is 1. The second-order valence-corrected chi connectivity index (χ2v) is 13.6. The molecule has 1 aromatic heterocycles. The average Bonchev–Trinajstić information content (AvgIpc) is 3.34. The molecule has 1 aliphatic carbocycles. The summed E-state index contributed by atoms with van der Waals surface area (Å²) in [4.78, 5) is 29.2. The number of aromatic nitrogens is 2. The molecule has 0 spiro atoms. The van der Waals surface area contributed by atoms with E-state index in [9.17, 15) is 9.59 Å². The summed E-state index contributed by atoms with van der Waals surface area (Å²) in [5.74, 6) is 1.02. The fraction of sp³-hybridized carbons (Fsp3) is 0.559. The van der Waals surface area contributed by atoms with Crippen molar-refractivity contribution >= 4 is 44.3 Å². The van der Waals surface area contributed by atoms with E-state index in [2.05, 4.69) is 81.3 Å². The third-order valence-electron chi connectivity index (χ3n) is 10.0. The Hall–Kier alpha value is -2.91. The summed E-state index contributed by atoms with van der Waals surface area (Å²) in [6.45, 7) is 8.67. The third kappa shape index (κ3) is 6.63. The Morgan fingerprint density at radius 2 is 1.81 bits per heavy atom. The van der Waals surface area contributed by atoms with E-state index in [0.717, 1.165) is 71.8 Å². The molecule has 3 fully saturated rings. The van der Waals surface area contributed by atoms with E-state index in [1.54, 1.807) is 0 Å². The lowest BCUT2D eigenvalue weighted by atomic mass is 9.83. The predicted octanol–water partition coefficient (Wildman–Crippen LogP) is 6.09. The molecule has 2 atom stereocenters. The van der Waals surface area contributed by atoms with Crippen LogP contribution in [-0.4, -0.2) is 64.8 Å². The molecule has 3 aliphatic rings. The Morgan fingerprint density at radius 1 is 1.05 bits per heavy atom. The lowest BCUT2D eigenvalue weighted by Gasteiger charge is -2.39. The number of amides is 2. The highest BCUT2D eigenvalue weighted by atomic mass is 79.9. The van der Waals surface area contributed by atoms with Crippen LogP contribution in [0.4, 0.5) is 5.69 Å². The highest BCUT2D eigenvalue weighted by Gasteiger charge is 2.32. The van der Waals surface area contributed by atoms with Crippen molar-refractivity contribution in [3.63, 3.8) is 0 Å². The van der Waals surface area contributed by atoms with Crippen LogP contribution in [0.2, 0.25) is 0 Å². The highest BCUT2D eigenvalue weighted by molar-refractivity contribution is 9.10. The number of ether oxygens (including phenoxy) is 1. The highest BCUT2D eigenvalue weighted by Crippen LogP contribution is 2.35. The van der Waals surface area contributed by atoms with Gasteiger partial charge in [0, 0.05) is 66.8 Å². The number of carbonyl (C=O) groups excluding carboxylic acids is 2. The Labute approximate surface area is 263 Å². The van der Waals surface area contributed by atoms with Crippen LogP contribution in [-0.2, 0) is 16.6 Å². The maximum Gasteiger partial charge on any atom is 0.235 e. The lowest BCUT2D eigenvalue weighted by Crippen LogP contribution is -2.49. The first kappa shape index (κ1) is 30.1. The van der Waals surface area contributed by atoms with Gasteiger partial charge in [0.05, 0.1) is 23.2 Å². The van der Waals surface area contributed by atoms with Gasteiger partial charge in [0.1, 0.15) is 5.75 Å². The molecule has 2 saturated heterocycles. The molecule has 9 heteroatoms. The topological polar surface area (TPSA) is 79.7 Å². The van der Waals surface area contributed by atoms with E-state index in [4.69, 9.17) is 9.84 Å². The number of fused-ring (bicyclic) bond motifs is 1. The molecule has 2 amide bonds. The SMILES string of the molecule is Cc1c(Br)cccc1OC1CCC(CC[C@H](C)N2CCN(c3ccc4c(C5CCC(=O)NC5=O)nn(C)c4c3)CC2)CC1. The molecule has 3 aromatic rings. The Kier molecular flexibility index (Phi) is 9.10. The number of piperidine rings is 1. The van der Waals surface area contributed by atoms with Crippen molar-refractivity contribution in [1.29, 1.82) is 0 Å². The van der Waals surface area contributed by atoms with Gasteiger partial charge in [-0.15, -0.1) is 0 Å². The molecular weight excluding hydrogens is 606 g/mol. The van der Waals surface area contributed by atoms with E-state index in [1.165, 1.54) is 36.9 Å². The first-order valence-corrected chi connectivity index (χ1v) is 16.8. The van der Waals surface area contributed by atoms with Gasteiger partial charge in [-0.25, -0.2) is 0 Å². The number of aryl methyl sites for hydroxylation is 1. The van der Waals surface area contributed by atoms with Gasteiger partial charge in [0.2, 0.25) is 11.8 Å². The van der Waals surface area contributed by atoms with Crippen LogP contribution in [0.3, 0.4) is 0 Å². The van der Waals surface area contributed by atoms with Crippen molar-refractivity contribution in [2.24, 2.45) is 13.0 Å². The van der Waals surface area contributed by atoms with Crippen molar-refractivity contribution in [2.75, 3.05) is 31.1 Å². The maximum absolute atomic E-state index is 12.5. The van der Waals surface area contributed by atoms with Crippen molar-refractivity contribution in [1.82, 2.24) is 20.0 Å². The molecule has 8 nitrogen and oxygen atoms in total. The van der Waals surface area contributed by atoms with Gasteiger partial charge in [-0.05, 0) is 95.0 Å². The predicted molar refractivity (Wildman–Crippen MR) is 174 cm³/mol. The van der Waals surface area contributed by atoms with Crippen LogP contribution in [0.25, 0.3) is 10.9 Å². The molecule has 0 bridgehead atoms. The second-order valence-electron chi connectivity index (χ2n) is 12.8. The van der Waals surface area contributed by atoms with Gasteiger partial charge in [-0.3, -0.25) is 24.5 Å². The van der Waals surface area contributed by atoms with Gasteiger partial charge in [-0.2, -0.15) is 5.10 Å². The number of anilines is 1. The summed E-state index contributed by atoms with van der Waals surface area (Å²) in [5, 5.41) is 8.18. The first-order valence-electron chi connectivity index (χ1n) is 16.0. The molecule has 1 unspecified atom stereocenters. The largest absolute Gasteiger partial charge is 0.490 e. The summed E-state index contributed by atoms with van der Waals surface area (Å²) in [6, 6.07) is 13.3. The monoisotopic (exact) mass is 649 g/mol. The van der Waals surface area contributed by atoms with Gasteiger partial charge in [-0.1, -0.05) is 22.0 Å². The fourth-order valence-corrected chi connectivity index (χ4v) is 7.54. The fourth-order valence-electron chi connectivity index (χ4n) is 7.20. The molecule has 2 aromatic carbocycles. The van der Waals surface area contributed by atoms with E-state index in [1.807, 2.05) is 11.7 Å². The molecule has 2 aliphatic heterocycles. The summed E-state index contributed by atoms with van der Waals surface area (Å²) in [7, 11) is 1.93. The van der Waals surface area contributed by atoms with E-state index >= 15 is 0 Å². The molecule has 1 N–H and O–H groups in total. The Morgan fingerprint density at radius 3 is 2.56 bits per heavy atom. The van der Waals surface area contributed by atoms with Crippen molar-refractivity contribution < 1.29 is 14.3 Å². The van der Waals surface area contributed by atoms with E-state index < -0.39 is 0 Å². The maximum atomic E-state index is 12.5. The minimum Gasteiger partial charge on any atom is -0.490 e. The number of nitrogens with one attached hydrogen (secondary N) is 1. The quantitative estimate of drug-likeness (QED) is 0.298. The van der Waals surface area contributed by atoms with E-state index in [0.29, 0.717) is 25.0 Å². The molecule has 1 saturated carbocycles. The van der Waals surface area contributed by atoms with E-state index in [-0.39, 0.29) is 17.7 Å². The molecule has 0 radical (unpaired) electrons. The van der Waals surface area contributed by atoms with Crippen LogP contribution in [0, 0.1) is 12.8 Å². The summed E-state index contributed by atoms with van der Waals surface area (Å²) in [6.07, 6.45) is 8.60. The number of imide groups is 1.